The molecule has 0 saturated carbocycles. The summed E-state index contributed by atoms with van der Waals surface area (Å²) in [7, 11) is -3.88. The van der Waals surface area contributed by atoms with E-state index in [0.29, 0.717) is 28.6 Å². The van der Waals surface area contributed by atoms with Crippen molar-refractivity contribution in [2.24, 2.45) is 0 Å². The lowest BCUT2D eigenvalue weighted by Gasteiger charge is -2.34. The first-order valence-corrected chi connectivity index (χ1v) is 12.4. The zero-order valence-electron chi connectivity index (χ0n) is 17.9. The summed E-state index contributed by atoms with van der Waals surface area (Å²) in [6, 6.07) is 5.04. The van der Waals surface area contributed by atoms with Gasteiger partial charge in [0.15, 0.2) is 0 Å². The smallest absolute Gasteiger partial charge is 0.348 e. The minimum Gasteiger partial charge on any atom is -0.462 e. The van der Waals surface area contributed by atoms with Crippen molar-refractivity contribution in [1.82, 2.24) is 14.3 Å². The molecule has 0 aliphatic carbocycles. The summed E-state index contributed by atoms with van der Waals surface area (Å²) in [5.41, 5.74) is 0.458. The van der Waals surface area contributed by atoms with Gasteiger partial charge in [-0.15, -0.1) is 11.3 Å². The highest BCUT2D eigenvalue weighted by atomic mass is 32.2. The number of sulfonamides is 1. The first-order valence-electron chi connectivity index (χ1n) is 10.1. The van der Waals surface area contributed by atoms with Crippen LogP contribution in [-0.2, 0) is 14.8 Å². The van der Waals surface area contributed by atoms with Gasteiger partial charge in [-0.2, -0.15) is 4.31 Å². The van der Waals surface area contributed by atoms with Gasteiger partial charge in [-0.1, -0.05) is 6.07 Å². The van der Waals surface area contributed by atoms with E-state index in [4.69, 9.17) is 4.74 Å². The van der Waals surface area contributed by atoms with Gasteiger partial charge in [0, 0.05) is 38.3 Å². The molecule has 1 aliphatic rings. The van der Waals surface area contributed by atoms with Crippen LogP contribution in [0.15, 0.2) is 35.5 Å². The number of carbonyl (C=O) groups is 1. The standard InChI is InChI=1S/C20H21N5O6S2/c1-3-31-20(26)17-13(2)16-18(21-12-22-19(16)32-17)23-7-9-24(10-8-23)33(29,30)15-6-4-5-14(11-15)25(27)28/h4-6,11-12H,3,7-10H2,1-2H3. The number of anilines is 1. The molecule has 11 nitrogen and oxygen atoms in total. The maximum Gasteiger partial charge on any atom is 0.348 e. The Balaban J connectivity index is 1.57. The summed E-state index contributed by atoms with van der Waals surface area (Å²) in [4.78, 5) is 34.4. The number of nitrogens with zero attached hydrogens (tertiary/aromatic N) is 5. The van der Waals surface area contributed by atoms with Crippen molar-refractivity contribution in [2.75, 3.05) is 37.7 Å². The number of hydrogen-bond acceptors (Lipinski definition) is 10. The second-order valence-electron chi connectivity index (χ2n) is 7.30. The second kappa shape index (κ2) is 9.00. The summed E-state index contributed by atoms with van der Waals surface area (Å²) in [6.45, 7) is 4.93. The van der Waals surface area contributed by atoms with Gasteiger partial charge in [0.05, 0.1) is 21.8 Å². The third-order valence-corrected chi connectivity index (χ3v) is 8.45. The number of nitro groups is 1. The maximum absolute atomic E-state index is 13.0. The molecule has 3 heterocycles. The number of piperazine rings is 1. The monoisotopic (exact) mass is 491 g/mol. The number of non-ortho nitro benzene ring substituents is 1. The lowest BCUT2D eigenvalue weighted by atomic mass is 10.2. The van der Waals surface area contributed by atoms with Gasteiger partial charge < -0.3 is 9.64 Å². The number of thiophene rings is 1. The van der Waals surface area contributed by atoms with Gasteiger partial charge >= 0.3 is 5.97 Å². The molecule has 1 aliphatic heterocycles. The first-order chi connectivity index (χ1) is 15.7. The number of hydrogen-bond donors (Lipinski definition) is 0. The lowest BCUT2D eigenvalue weighted by Crippen LogP contribution is -2.49. The number of aryl methyl sites for hydroxylation is 1. The summed E-state index contributed by atoms with van der Waals surface area (Å²) in [6.07, 6.45) is 1.43. The van der Waals surface area contributed by atoms with Crippen LogP contribution in [0.1, 0.15) is 22.2 Å². The van der Waals surface area contributed by atoms with Crippen molar-refractivity contribution in [3.05, 3.63) is 51.1 Å². The molecule has 33 heavy (non-hydrogen) atoms. The SMILES string of the molecule is CCOC(=O)c1sc2ncnc(N3CCN(S(=O)(=O)c4cccc([N+](=O)[O-])c4)CC3)c2c1C. The Bertz CT molecular complexity index is 1330. The van der Waals surface area contributed by atoms with Crippen LogP contribution in [0, 0.1) is 17.0 Å². The summed E-state index contributed by atoms with van der Waals surface area (Å²) in [5, 5.41) is 11.8. The fraction of sp³-hybridized carbons (Fsp3) is 0.350. The fourth-order valence-electron chi connectivity index (χ4n) is 3.73. The molecule has 0 amide bonds. The first kappa shape index (κ1) is 23.0. The predicted octanol–water partition coefficient (Wildman–Crippen LogP) is 2.60. The van der Waals surface area contributed by atoms with Crippen molar-refractivity contribution in [3.63, 3.8) is 0 Å². The maximum atomic E-state index is 13.0. The van der Waals surface area contributed by atoms with Gasteiger partial charge in [-0.3, -0.25) is 10.1 Å². The Morgan fingerprint density at radius 2 is 1.97 bits per heavy atom. The summed E-state index contributed by atoms with van der Waals surface area (Å²) >= 11 is 1.24. The highest BCUT2D eigenvalue weighted by Gasteiger charge is 2.31. The zero-order chi connectivity index (χ0) is 23.8. The largest absolute Gasteiger partial charge is 0.462 e. The number of carbonyl (C=O) groups excluding carboxylic acids is 1. The molecule has 3 aromatic rings. The van der Waals surface area contributed by atoms with E-state index in [2.05, 4.69) is 9.97 Å². The van der Waals surface area contributed by atoms with E-state index in [-0.39, 0.29) is 30.3 Å². The molecule has 4 rings (SSSR count). The Kier molecular flexibility index (Phi) is 6.28. The van der Waals surface area contributed by atoms with E-state index in [9.17, 15) is 23.3 Å². The molecule has 0 atom stereocenters. The third kappa shape index (κ3) is 4.26. The number of ether oxygens (including phenoxy) is 1. The van der Waals surface area contributed by atoms with Crippen LogP contribution in [-0.4, -0.2) is 66.4 Å². The predicted molar refractivity (Wildman–Crippen MR) is 122 cm³/mol. The van der Waals surface area contributed by atoms with E-state index in [1.54, 1.807) is 6.92 Å². The Hall–Kier alpha value is -3.16. The van der Waals surface area contributed by atoms with Crippen molar-refractivity contribution < 1.29 is 22.9 Å². The quantitative estimate of drug-likeness (QED) is 0.289. The molecular weight excluding hydrogens is 470 g/mol. The van der Waals surface area contributed by atoms with Crippen LogP contribution in [0.4, 0.5) is 11.5 Å². The minimum atomic E-state index is -3.88. The second-order valence-corrected chi connectivity index (χ2v) is 10.2. The molecule has 0 unspecified atom stereocenters. The van der Waals surface area contributed by atoms with Crippen molar-refractivity contribution >= 4 is 49.1 Å². The normalized spacial score (nSPS) is 15.0. The molecule has 0 spiro atoms. The average Bonchev–Trinajstić information content (AvgIpc) is 3.16. The van der Waals surface area contributed by atoms with Crippen LogP contribution in [0.2, 0.25) is 0 Å². The van der Waals surface area contributed by atoms with Crippen LogP contribution in [0.5, 0.6) is 0 Å². The summed E-state index contributed by atoms with van der Waals surface area (Å²) < 4.78 is 32.5. The van der Waals surface area contributed by atoms with Crippen LogP contribution in [0.25, 0.3) is 10.2 Å². The van der Waals surface area contributed by atoms with Crippen LogP contribution < -0.4 is 4.90 Å². The van der Waals surface area contributed by atoms with Crippen molar-refractivity contribution in [2.45, 2.75) is 18.7 Å². The fourth-order valence-corrected chi connectivity index (χ4v) is 6.23. The van der Waals surface area contributed by atoms with E-state index in [0.717, 1.165) is 17.0 Å². The van der Waals surface area contributed by atoms with E-state index in [1.807, 2.05) is 11.8 Å². The van der Waals surface area contributed by atoms with Crippen molar-refractivity contribution in [3.8, 4) is 0 Å². The minimum absolute atomic E-state index is 0.109. The van der Waals surface area contributed by atoms with Crippen LogP contribution in [0.3, 0.4) is 0 Å². The molecule has 13 heteroatoms. The lowest BCUT2D eigenvalue weighted by molar-refractivity contribution is -0.385. The number of esters is 1. The molecule has 0 bridgehead atoms. The summed E-state index contributed by atoms with van der Waals surface area (Å²) in [5.74, 6) is 0.230. The Labute approximate surface area is 193 Å². The topological polar surface area (TPSA) is 136 Å². The Morgan fingerprint density at radius 3 is 2.64 bits per heavy atom. The van der Waals surface area contributed by atoms with E-state index >= 15 is 0 Å². The van der Waals surface area contributed by atoms with Gasteiger partial charge in [-0.25, -0.2) is 23.2 Å². The number of benzene rings is 1. The Morgan fingerprint density at radius 1 is 1.24 bits per heavy atom. The van der Waals surface area contributed by atoms with Crippen LogP contribution >= 0.6 is 11.3 Å². The van der Waals surface area contributed by atoms with E-state index < -0.39 is 20.9 Å². The third-order valence-electron chi connectivity index (χ3n) is 5.37. The molecule has 1 aromatic carbocycles. The van der Waals surface area contributed by atoms with Gasteiger partial charge in [-0.05, 0) is 25.5 Å². The molecule has 0 N–H and O–H groups in total. The van der Waals surface area contributed by atoms with Gasteiger partial charge in [0.25, 0.3) is 5.69 Å². The molecule has 0 radical (unpaired) electrons. The van der Waals surface area contributed by atoms with Crippen molar-refractivity contribution in [1.29, 1.82) is 0 Å². The number of fused-ring (bicyclic) bond motifs is 1. The number of aromatic nitrogens is 2. The highest BCUT2D eigenvalue weighted by Crippen LogP contribution is 2.36. The van der Waals surface area contributed by atoms with Gasteiger partial charge in [0.1, 0.15) is 21.9 Å². The molecular formula is C20H21N5O6S2. The zero-order valence-corrected chi connectivity index (χ0v) is 19.6. The number of rotatable bonds is 6. The molecule has 2 aromatic heterocycles. The number of nitro benzene ring substituents is 1. The molecule has 1 saturated heterocycles. The molecule has 1 fully saturated rings. The van der Waals surface area contributed by atoms with E-state index in [1.165, 1.54) is 40.2 Å². The molecule has 174 valence electrons. The highest BCUT2D eigenvalue weighted by molar-refractivity contribution is 7.89. The average molecular weight is 492 g/mol. The van der Waals surface area contributed by atoms with Gasteiger partial charge in [0.2, 0.25) is 10.0 Å².